The zero-order chi connectivity index (χ0) is 19.4. The van der Waals surface area contributed by atoms with E-state index in [0.717, 1.165) is 16.8 Å². The molecular weight excluding hydrogens is 358 g/mol. The van der Waals surface area contributed by atoms with Crippen molar-refractivity contribution in [2.24, 2.45) is 0 Å². The Morgan fingerprint density at radius 3 is 2.37 bits per heavy atom. The minimum atomic E-state index is -0.473. The number of rotatable bonds is 5. The highest BCUT2D eigenvalue weighted by Gasteiger charge is 2.28. The average molecular weight is 382 g/mol. The van der Waals surface area contributed by atoms with Gasteiger partial charge in [0.2, 0.25) is 11.1 Å². The zero-order valence-electron chi connectivity index (χ0n) is 15.9. The van der Waals surface area contributed by atoms with Crippen molar-refractivity contribution in [3.05, 3.63) is 65.7 Å². The number of thioether (sulfide) groups is 1. The summed E-state index contributed by atoms with van der Waals surface area (Å²) >= 11 is 1.35. The zero-order valence-corrected chi connectivity index (χ0v) is 16.7. The predicted molar refractivity (Wildman–Crippen MR) is 108 cm³/mol. The van der Waals surface area contributed by atoms with Crippen LogP contribution in [-0.4, -0.2) is 26.1 Å². The Balaban J connectivity index is 1.89. The van der Waals surface area contributed by atoms with Crippen LogP contribution in [0.3, 0.4) is 0 Å². The van der Waals surface area contributed by atoms with Crippen molar-refractivity contribution in [2.75, 3.05) is 5.32 Å². The van der Waals surface area contributed by atoms with Gasteiger partial charge in [0.1, 0.15) is 5.25 Å². The minimum Gasteiger partial charge on any atom is -0.325 e. The number of carbonyl (C=O) groups excluding carboxylic acids is 1. The predicted octanol–water partition coefficient (Wildman–Crippen LogP) is 4.21. The summed E-state index contributed by atoms with van der Waals surface area (Å²) in [5.41, 5.74) is 2.53. The summed E-state index contributed by atoms with van der Waals surface area (Å²) in [6.07, 6.45) is 0. The Morgan fingerprint density at radius 2 is 1.74 bits per heavy atom. The molecule has 1 atom stereocenters. The highest BCUT2D eigenvalue weighted by atomic mass is 32.2. The third-order valence-corrected chi connectivity index (χ3v) is 5.15. The monoisotopic (exact) mass is 381 g/mol. The van der Waals surface area contributed by atoms with E-state index < -0.39 is 5.25 Å². The molecule has 0 saturated carbocycles. The van der Waals surface area contributed by atoms with Crippen LogP contribution in [0.1, 0.15) is 37.1 Å². The van der Waals surface area contributed by atoms with Crippen molar-refractivity contribution in [2.45, 2.75) is 43.6 Å². The summed E-state index contributed by atoms with van der Waals surface area (Å²) in [7, 11) is 0. The topological polar surface area (TPSA) is 72.7 Å². The van der Waals surface area contributed by atoms with Gasteiger partial charge < -0.3 is 5.32 Å². The third-order valence-electron chi connectivity index (χ3n) is 3.96. The summed E-state index contributed by atoms with van der Waals surface area (Å²) in [6, 6.07) is 17.4. The SMILES string of the molecule is Cc1ccc(NC(=O)C(Sc2nnnn2C(C)(C)C)c2ccccc2)cc1. The Bertz CT molecular complexity index is 900. The van der Waals surface area contributed by atoms with E-state index in [1.807, 2.05) is 82.3 Å². The molecule has 7 heteroatoms. The van der Waals surface area contributed by atoms with Gasteiger partial charge in [0, 0.05) is 5.69 Å². The maximum atomic E-state index is 13.1. The van der Waals surface area contributed by atoms with Crippen LogP contribution < -0.4 is 5.32 Å². The van der Waals surface area contributed by atoms with Crippen LogP contribution in [0.2, 0.25) is 0 Å². The van der Waals surface area contributed by atoms with Crippen LogP contribution in [0.5, 0.6) is 0 Å². The van der Waals surface area contributed by atoms with Gasteiger partial charge in [-0.3, -0.25) is 4.79 Å². The molecule has 1 heterocycles. The Hall–Kier alpha value is -2.67. The summed E-state index contributed by atoms with van der Waals surface area (Å²) in [5, 5.41) is 15.2. The minimum absolute atomic E-state index is 0.112. The van der Waals surface area contributed by atoms with E-state index in [-0.39, 0.29) is 11.4 Å². The van der Waals surface area contributed by atoms with Crippen LogP contribution in [0, 0.1) is 6.92 Å². The van der Waals surface area contributed by atoms with Gasteiger partial charge in [-0.15, -0.1) is 5.10 Å². The standard InChI is InChI=1S/C20H23N5OS/c1-14-10-12-16(13-11-14)21-18(26)17(15-8-6-5-7-9-15)27-19-22-23-24-25(19)20(2,3)4/h5-13,17H,1-4H3,(H,21,26). The number of amides is 1. The second-order valence-corrected chi connectivity index (χ2v) is 8.38. The highest BCUT2D eigenvalue weighted by molar-refractivity contribution is 8.00. The molecule has 1 unspecified atom stereocenters. The molecule has 1 N–H and O–H groups in total. The van der Waals surface area contributed by atoms with Crippen molar-refractivity contribution >= 4 is 23.4 Å². The molecule has 0 spiro atoms. The highest BCUT2D eigenvalue weighted by Crippen LogP contribution is 2.36. The molecule has 1 amide bonds. The number of benzene rings is 2. The Kier molecular flexibility index (Phi) is 5.60. The molecule has 0 aliphatic rings. The van der Waals surface area contributed by atoms with Crippen molar-refractivity contribution in [1.29, 1.82) is 0 Å². The molecule has 6 nitrogen and oxygen atoms in total. The number of nitrogens with zero attached hydrogens (tertiary/aromatic N) is 4. The van der Waals surface area contributed by atoms with E-state index in [1.165, 1.54) is 11.8 Å². The van der Waals surface area contributed by atoms with Gasteiger partial charge in [-0.2, -0.15) is 0 Å². The fourth-order valence-electron chi connectivity index (χ4n) is 2.52. The molecule has 2 aromatic carbocycles. The summed E-state index contributed by atoms with van der Waals surface area (Å²) in [5.74, 6) is -0.112. The maximum absolute atomic E-state index is 13.1. The van der Waals surface area contributed by atoms with E-state index in [1.54, 1.807) is 4.68 Å². The van der Waals surface area contributed by atoms with Crippen LogP contribution in [0.25, 0.3) is 0 Å². The van der Waals surface area contributed by atoms with Crippen molar-refractivity contribution in [1.82, 2.24) is 20.2 Å². The van der Waals surface area contributed by atoms with Gasteiger partial charge in [0.05, 0.1) is 5.54 Å². The molecule has 1 aromatic heterocycles. The molecule has 0 radical (unpaired) electrons. The average Bonchev–Trinajstić information content (AvgIpc) is 3.11. The third kappa shape index (κ3) is 4.74. The first-order valence-electron chi connectivity index (χ1n) is 8.72. The maximum Gasteiger partial charge on any atom is 0.242 e. The second kappa shape index (κ2) is 7.92. The lowest BCUT2D eigenvalue weighted by atomic mass is 10.1. The Labute approximate surface area is 163 Å². The normalized spacial score (nSPS) is 12.6. The molecular formula is C20H23N5OS. The van der Waals surface area contributed by atoms with E-state index >= 15 is 0 Å². The van der Waals surface area contributed by atoms with Crippen molar-refractivity contribution in [3.63, 3.8) is 0 Å². The lowest BCUT2D eigenvalue weighted by molar-refractivity contribution is -0.115. The van der Waals surface area contributed by atoms with Crippen molar-refractivity contribution in [3.8, 4) is 0 Å². The first-order chi connectivity index (χ1) is 12.8. The first-order valence-corrected chi connectivity index (χ1v) is 9.60. The molecule has 3 rings (SSSR count). The van der Waals surface area contributed by atoms with Crippen LogP contribution in [-0.2, 0) is 10.3 Å². The van der Waals surface area contributed by atoms with Gasteiger partial charge in [0.15, 0.2) is 0 Å². The fraction of sp³-hybridized carbons (Fsp3) is 0.300. The molecule has 0 aliphatic heterocycles. The van der Waals surface area contributed by atoms with Gasteiger partial charge in [0.25, 0.3) is 0 Å². The van der Waals surface area contributed by atoms with Crippen LogP contribution >= 0.6 is 11.8 Å². The number of aryl methyl sites for hydroxylation is 1. The Morgan fingerprint density at radius 1 is 1.07 bits per heavy atom. The van der Waals surface area contributed by atoms with Gasteiger partial charge in [-0.1, -0.05) is 59.8 Å². The molecule has 0 bridgehead atoms. The number of tetrazole rings is 1. The van der Waals surface area contributed by atoms with Crippen molar-refractivity contribution < 1.29 is 4.79 Å². The second-order valence-electron chi connectivity index (χ2n) is 7.31. The largest absolute Gasteiger partial charge is 0.325 e. The smallest absolute Gasteiger partial charge is 0.242 e. The first kappa shape index (κ1) is 19.1. The number of carbonyl (C=O) groups is 1. The number of hydrogen-bond acceptors (Lipinski definition) is 5. The number of anilines is 1. The molecule has 0 fully saturated rings. The molecule has 0 saturated heterocycles. The molecule has 140 valence electrons. The lowest BCUT2D eigenvalue weighted by Gasteiger charge is -2.22. The van der Waals surface area contributed by atoms with Gasteiger partial charge in [-0.25, -0.2) is 4.68 Å². The summed E-state index contributed by atoms with van der Waals surface area (Å²) in [6.45, 7) is 8.09. The quantitative estimate of drug-likeness (QED) is 0.670. The molecule has 0 aliphatic carbocycles. The van der Waals surface area contributed by atoms with E-state index in [2.05, 4.69) is 20.8 Å². The molecule has 3 aromatic rings. The lowest BCUT2D eigenvalue weighted by Crippen LogP contribution is -2.25. The number of nitrogens with one attached hydrogen (secondary N) is 1. The summed E-state index contributed by atoms with van der Waals surface area (Å²) in [4.78, 5) is 13.1. The van der Waals surface area contributed by atoms with E-state index in [0.29, 0.717) is 5.16 Å². The van der Waals surface area contributed by atoms with E-state index in [4.69, 9.17) is 0 Å². The number of hydrogen-bond donors (Lipinski definition) is 1. The summed E-state index contributed by atoms with van der Waals surface area (Å²) < 4.78 is 1.74. The van der Waals surface area contributed by atoms with Gasteiger partial charge >= 0.3 is 0 Å². The van der Waals surface area contributed by atoms with E-state index in [9.17, 15) is 4.79 Å². The fourth-order valence-corrected chi connectivity index (χ4v) is 3.69. The van der Waals surface area contributed by atoms with Crippen LogP contribution in [0.15, 0.2) is 59.8 Å². The number of aromatic nitrogens is 4. The van der Waals surface area contributed by atoms with Crippen LogP contribution in [0.4, 0.5) is 5.69 Å². The molecule has 27 heavy (non-hydrogen) atoms. The van der Waals surface area contributed by atoms with Gasteiger partial charge in [-0.05, 0) is 55.8 Å².